The van der Waals surface area contributed by atoms with Gasteiger partial charge < -0.3 is 9.73 Å². The lowest BCUT2D eigenvalue weighted by molar-refractivity contribution is 0.485. The van der Waals surface area contributed by atoms with Gasteiger partial charge in [0.25, 0.3) is 0 Å². The lowest BCUT2D eigenvalue weighted by atomic mass is 10.2. The highest BCUT2D eigenvalue weighted by atomic mass is 32.2. The van der Waals surface area contributed by atoms with Gasteiger partial charge in [0.15, 0.2) is 0 Å². The molecule has 4 nitrogen and oxygen atoms in total. The zero-order valence-corrected chi connectivity index (χ0v) is 11.7. The lowest BCUT2D eigenvalue weighted by Gasteiger charge is -2.05. The van der Waals surface area contributed by atoms with Crippen LogP contribution in [0.5, 0.6) is 0 Å². The number of rotatable bonds is 6. The predicted molar refractivity (Wildman–Crippen MR) is 74.9 cm³/mol. The van der Waals surface area contributed by atoms with Crippen molar-refractivity contribution < 1.29 is 4.42 Å². The average molecular weight is 275 g/mol. The van der Waals surface area contributed by atoms with Gasteiger partial charge in [-0.15, -0.1) is 22.0 Å². The summed E-state index contributed by atoms with van der Waals surface area (Å²) in [5, 5.41) is 11.4. The Labute approximate surface area is 117 Å². The van der Waals surface area contributed by atoms with E-state index in [1.807, 2.05) is 6.92 Å². The third-order valence-electron chi connectivity index (χ3n) is 3.00. The van der Waals surface area contributed by atoms with Gasteiger partial charge in [0, 0.05) is 24.4 Å². The van der Waals surface area contributed by atoms with Gasteiger partial charge in [0.05, 0.1) is 5.75 Å². The summed E-state index contributed by atoms with van der Waals surface area (Å²) in [5.74, 6) is 2.03. The van der Waals surface area contributed by atoms with Crippen molar-refractivity contribution in [2.24, 2.45) is 0 Å². The third kappa shape index (κ3) is 3.81. The summed E-state index contributed by atoms with van der Waals surface area (Å²) in [6.07, 6.45) is 2.65. The molecule has 1 aliphatic carbocycles. The van der Waals surface area contributed by atoms with Crippen LogP contribution < -0.4 is 5.32 Å². The summed E-state index contributed by atoms with van der Waals surface area (Å²) in [7, 11) is 0. The van der Waals surface area contributed by atoms with Crippen LogP contribution >= 0.6 is 11.8 Å². The van der Waals surface area contributed by atoms with E-state index in [1.54, 1.807) is 11.8 Å². The molecule has 0 radical (unpaired) electrons. The molecule has 2 aromatic rings. The quantitative estimate of drug-likeness (QED) is 0.821. The lowest BCUT2D eigenvalue weighted by Crippen LogP contribution is -2.15. The molecule has 1 aromatic carbocycles. The fourth-order valence-electron chi connectivity index (χ4n) is 1.84. The molecule has 0 unspecified atom stereocenters. The van der Waals surface area contributed by atoms with Gasteiger partial charge >= 0.3 is 0 Å². The first-order chi connectivity index (χ1) is 9.29. The topological polar surface area (TPSA) is 51.0 Å². The van der Waals surface area contributed by atoms with Gasteiger partial charge in [-0.25, -0.2) is 0 Å². The summed E-state index contributed by atoms with van der Waals surface area (Å²) in [5.41, 5.74) is 1.33. The molecule has 100 valence electrons. The molecule has 19 heavy (non-hydrogen) atoms. The normalized spacial score (nSPS) is 14.8. The first-order valence-corrected chi connectivity index (χ1v) is 7.52. The molecule has 1 aromatic heterocycles. The Balaban J connectivity index is 1.55. The van der Waals surface area contributed by atoms with Crippen LogP contribution in [0.1, 0.15) is 30.2 Å². The second-order valence-corrected chi connectivity index (χ2v) is 5.85. The maximum absolute atomic E-state index is 5.37. The van der Waals surface area contributed by atoms with Crippen LogP contribution in [0.3, 0.4) is 0 Å². The van der Waals surface area contributed by atoms with E-state index in [4.69, 9.17) is 4.42 Å². The number of thioether (sulfide) groups is 1. The molecule has 1 N–H and O–H groups in total. The molecule has 0 bridgehead atoms. The van der Waals surface area contributed by atoms with Crippen molar-refractivity contribution in [3.8, 4) is 0 Å². The zero-order valence-electron chi connectivity index (χ0n) is 10.9. The van der Waals surface area contributed by atoms with E-state index in [2.05, 4.69) is 39.8 Å². The Hall–Kier alpha value is -1.33. The number of aryl methyl sites for hydroxylation is 1. The second kappa shape index (κ2) is 5.75. The van der Waals surface area contributed by atoms with Crippen LogP contribution in [0.4, 0.5) is 0 Å². The van der Waals surface area contributed by atoms with Crippen molar-refractivity contribution in [1.29, 1.82) is 0 Å². The van der Waals surface area contributed by atoms with E-state index in [1.165, 1.54) is 23.3 Å². The van der Waals surface area contributed by atoms with Crippen molar-refractivity contribution in [2.45, 2.75) is 43.0 Å². The Kier molecular flexibility index (Phi) is 3.84. The van der Waals surface area contributed by atoms with Crippen LogP contribution in [0.25, 0.3) is 0 Å². The van der Waals surface area contributed by atoms with Gasteiger partial charge in [-0.3, -0.25) is 0 Å². The highest BCUT2D eigenvalue weighted by Crippen LogP contribution is 2.24. The summed E-state index contributed by atoms with van der Waals surface area (Å²) >= 11 is 1.73. The van der Waals surface area contributed by atoms with Gasteiger partial charge in [-0.05, 0) is 30.5 Å². The summed E-state index contributed by atoms with van der Waals surface area (Å²) < 4.78 is 5.37. The zero-order chi connectivity index (χ0) is 13.1. The monoisotopic (exact) mass is 275 g/mol. The average Bonchev–Trinajstić information content (AvgIpc) is 3.16. The fraction of sp³-hybridized carbons (Fsp3) is 0.429. The SMILES string of the molecule is Cc1nnc(CSc2cccc(CNC3CC3)c2)o1. The van der Waals surface area contributed by atoms with Gasteiger partial charge in [-0.1, -0.05) is 12.1 Å². The minimum Gasteiger partial charge on any atom is -0.425 e. The van der Waals surface area contributed by atoms with Gasteiger partial charge in [0.2, 0.25) is 11.8 Å². The Morgan fingerprint density at radius 2 is 2.26 bits per heavy atom. The molecule has 1 heterocycles. The fourth-order valence-corrected chi connectivity index (χ4v) is 2.65. The van der Waals surface area contributed by atoms with Crippen LogP contribution in [-0.4, -0.2) is 16.2 Å². The first kappa shape index (κ1) is 12.7. The van der Waals surface area contributed by atoms with E-state index < -0.39 is 0 Å². The van der Waals surface area contributed by atoms with E-state index in [0.717, 1.165) is 18.3 Å². The minimum absolute atomic E-state index is 0.623. The molecule has 1 fully saturated rings. The Morgan fingerprint density at radius 1 is 1.37 bits per heavy atom. The highest BCUT2D eigenvalue weighted by Gasteiger charge is 2.19. The van der Waals surface area contributed by atoms with Crippen molar-refractivity contribution in [1.82, 2.24) is 15.5 Å². The number of nitrogens with one attached hydrogen (secondary N) is 1. The minimum atomic E-state index is 0.623. The molecular formula is C14H17N3OS. The van der Waals surface area contributed by atoms with Crippen molar-refractivity contribution in [2.75, 3.05) is 0 Å². The molecule has 1 saturated carbocycles. The van der Waals surface area contributed by atoms with E-state index in [9.17, 15) is 0 Å². The highest BCUT2D eigenvalue weighted by molar-refractivity contribution is 7.98. The first-order valence-electron chi connectivity index (χ1n) is 6.54. The number of hydrogen-bond acceptors (Lipinski definition) is 5. The summed E-state index contributed by atoms with van der Waals surface area (Å²) in [6, 6.07) is 9.36. The molecule has 0 amide bonds. The molecule has 0 aliphatic heterocycles. The third-order valence-corrected chi connectivity index (χ3v) is 3.98. The predicted octanol–water partition coefficient (Wildman–Crippen LogP) is 2.92. The number of hydrogen-bond donors (Lipinski definition) is 1. The number of aromatic nitrogens is 2. The summed E-state index contributed by atoms with van der Waals surface area (Å²) in [6.45, 7) is 2.77. The summed E-state index contributed by atoms with van der Waals surface area (Å²) in [4.78, 5) is 1.24. The molecule has 0 atom stereocenters. The van der Waals surface area contributed by atoms with Crippen molar-refractivity contribution in [3.63, 3.8) is 0 Å². The van der Waals surface area contributed by atoms with Crippen LogP contribution in [0, 0.1) is 6.92 Å². The van der Waals surface area contributed by atoms with Crippen LogP contribution in [-0.2, 0) is 12.3 Å². The van der Waals surface area contributed by atoms with Crippen LogP contribution in [0.15, 0.2) is 33.6 Å². The van der Waals surface area contributed by atoms with E-state index in [0.29, 0.717) is 11.8 Å². The molecule has 1 aliphatic rings. The van der Waals surface area contributed by atoms with Crippen molar-refractivity contribution in [3.05, 3.63) is 41.6 Å². The maximum Gasteiger partial charge on any atom is 0.226 e. The smallest absolute Gasteiger partial charge is 0.226 e. The molecule has 5 heteroatoms. The molecule has 0 spiro atoms. The second-order valence-electron chi connectivity index (χ2n) is 4.81. The molecular weight excluding hydrogens is 258 g/mol. The van der Waals surface area contributed by atoms with Crippen LogP contribution in [0.2, 0.25) is 0 Å². The number of nitrogens with zero attached hydrogens (tertiary/aromatic N) is 2. The Bertz CT molecular complexity index is 551. The van der Waals surface area contributed by atoms with E-state index >= 15 is 0 Å². The molecule has 0 saturated heterocycles. The van der Waals surface area contributed by atoms with Gasteiger partial charge in [-0.2, -0.15) is 0 Å². The van der Waals surface area contributed by atoms with Gasteiger partial charge in [0.1, 0.15) is 0 Å². The molecule has 3 rings (SSSR count). The van der Waals surface area contributed by atoms with Crippen molar-refractivity contribution >= 4 is 11.8 Å². The maximum atomic E-state index is 5.37. The largest absolute Gasteiger partial charge is 0.425 e. The van der Waals surface area contributed by atoms with E-state index in [-0.39, 0.29) is 0 Å². The Morgan fingerprint density at radius 3 is 3.00 bits per heavy atom. The standard InChI is InChI=1S/C14H17N3OS/c1-10-16-17-14(18-10)9-19-13-4-2-3-11(7-13)8-15-12-5-6-12/h2-4,7,12,15H,5-6,8-9H2,1H3. The number of benzene rings is 1.